The summed E-state index contributed by atoms with van der Waals surface area (Å²) in [5.74, 6) is 0.683. The van der Waals surface area contributed by atoms with Crippen molar-refractivity contribution in [2.45, 2.75) is 51.7 Å². The monoisotopic (exact) mass is 214 g/mol. The van der Waals surface area contributed by atoms with E-state index in [1.54, 1.807) is 0 Å². The van der Waals surface area contributed by atoms with Crippen LogP contribution in [0.3, 0.4) is 0 Å². The molecule has 3 N–H and O–H groups in total. The van der Waals surface area contributed by atoms with E-state index in [9.17, 15) is 0 Å². The Morgan fingerprint density at radius 2 is 2.20 bits per heavy atom. The van der Waals surface area contributed by atoms with Crippen molar-refractivity contribution in [2.75, 3.05) is 19.7 Å². The van der Waals surface area contributed by atoms with E-state index < -0.39 is 0 Å². The summed E-state index contributed by atoms with van der Waals surface area (Å²) in [4.78, 5) is 0. The molecule has 3 unspecified atom stereocenters. The molecule has 0 saturated carbocycles. The molecule has 3 heteroatoms. The molecule has 3 nitrogen and oxygen atoms in total. The quantitative estimate of drug-likeness (QED) is 0.705. The van der Waals surface area contributed by atoms with Crippen LogP contribution in [0.15, 0.2) is 0 Å². The Kier molecular flexibility index (Phi) is 5.03. The third-order valence-electron chi connectivity index (χ3n) is 3.49. The summed E-state index contributed by atoms with van der Waals surface area (Å²) >= 11 is 0. The largest absolute Gasteiger partial charge is 0.378 e. The van der Waals surface area contributed by atoms with Gasteiger partial charge < -0.3 is 15.8 Å². The molecule has 90 valence electrons. The van der Waals surface area contributed by atoms with Crippen molar-refractivity contribution in [1.29, 1.82) is 0 Å². The first-order valence-corrected chi connectivity index (χ1v) is 6.20. The van der Waals surface area contributed by atoms with Crippen LogP contribution in [0.5, 0.6) is 0 Å². The van der Waals surface area contributed by atoms with E-state index in [0.29, 0.717) is 12.0 Å². The summed E-state index contributed by atoms with van der Waals surface area (Å²) < 4.78 is 5.65. The van der Waals surface area contributed by atoms with E-state index in [2.05, 4.69) is 26.1 Å². The van der Waals surface area contributed by atoms with Crippen LogP contribution in [0.2, 0.25) is 0 Å². The van der Waals surface area contributed by atoms with Crippen LogP contribution in [-0.2, 0) is 4.74 Å². The van der Waals surface area contributed by atoms with Crippen LogP contribution in [0.4, 0.5) is 0 Å². The summed E-state index contributed by atoms with van der Waals surface area (Å²) in [6.45, 7) is 9.31. The van der Waals surface area contributed by atoms with Crippen molar-refractivity contribution >= 4 is 0 Å². The topological polar surface area (TPSA) is 47.3 Å². The first kappa shape index (κ1) is 12.9. The van der Waals surface area contributed by atoms with E-state index in [4.69, 9.17) is 10.5 Å². The minimum atomic E-state index is -0.0683. The molecular formula is C12H26N2O. The Morgan fingerprint density at radius 3 is 2.80 bits per heavy atom. The zero-order chi connectivity index (χ0) is 11.3. The Hall–Kier alpha value is -0.120. The molecular weight excluding hydrogens is 188 g/mol. The summed E-state index contributed by atoms with van der Waals surface area (Å²) in [5.41, 5.74) is 6.01. The van der Waals surface area contributed by atoms with Gasteiger partial charge in [0.05, 0.1) is 6.10 Å². The molecule has 0 spiro atoms. The molecule has 1 heterocycles. The average Bonchev–Trinajstić information content (AvgIpc) is 2.65. The summed E-state index contributed by atoms with van der Waals surface area (Å²) in [6, 6.07) is 0. The van der Waals surface area contributed by atoms with Gasteiger partial charge in [0.1, 0.15) is 0 Å². The summed E-state index contributed by atoms with van der Waals surface area (Å²) in [7, 11) is 0. The van der Waals surface area contributed by atoms with Gasteiger partial charge in [0.15, 0.2) is 0 Å². The molecule has 0 aromatic carbocycles. The van der Waals surface area contributed by atoms with Crippen molar-refractivity contribution in [3.8, 4) is 0 Å². The van der Waals surface area contributed by atoms with Crippen LogP contribution in [-0.4, -0.2) is 31.3 Å². The second-order valence-electron chi connectivity index (χ2n) is 5.00. The van der Waals surface area contributed by atoms with Crippen LogP contribution in [0.1, 0.15) is 40.0 Å². The Morgan fingerprint density at radius 1 is 1.47 bits per heavy atom. The highest BCUT2D eigenvalue weighted by Crippen LogP contribution is 2.22. The second-order valence-corrected chi connectivity index (χ2v) is 5.00. The first-order valence-electron chi connectivity index (χ1n) is 6.20. The number of nitrogens with two attached hydrogens (primary N) is 1. The Labute approximate surface area is 93.8 Å². The van der Waals surface area contributed by atoms with Gasteiger partial charge in [0, 0.05) is 25.2 Å². The van der Waals surface area contributed by atoms with Crippen molar-refractivity contribution in [3.63, 3.8) is 0 Å². The van der Waals surface area contributed by atoms with Crippen LogP contribution < -0.4 is 11.1 Å². The fourth-order valence-electron chi connectivity index (χ4n) is 2.05. The lowest BCUT2D eigenvalue weighted by Crippen LogP contribution is -2.46. The number of hydrogen-bond acceptors (Lipinski definition) is 3. The normalized spacial score (nSPS) is 30.4. The Balaban J connectivity index is 2.19. The van der Waals surface area contributed by atoms with Gasteiger partial charge in [0.25, 0.3) is 0 Å². The lowest BCUT2D eigenvalue weighted by Gasteiger charge is -2.25. The van der Waals surface area contributed by atoms with Crippen molar-refractivity contribution < 1.29 is 4.74 Å². The maximum absolute atomic E-state index is 6.07. The summed E-state index contributed by atoms with van der Waals surface area (Å²) in [6.07, 6.45) is 3.79. The predicted octanol–water partition coefficient (Wildman–Crippen LogP) is 1.52. The lowest BCUT2D eigenvalue weighted by atomic mass is 9.97. The van der Waals surface area contributed by atoms with Crippen molar-refractivity contribution in [1.82, 2.24) is 5.32 Å². The highest BCUT2D eigenvalue weighted by molar-refractivity contribution is 4.82. The molecule has 0 radical (unpaired) electrons. The van der Waals surface area contributed by atoms with Crippen LogP contribution in [0, 0.1) is 5.92 Å². The minimum Gasteiger partial charge on any atom is -0.378 e. The smallest absolute Gasteiger partial charge is 0.0613 e. The molecule has 1 saturated heterocycles. The highest BCUT2D eigenvalue weighted by atomic mass is 16.5. The summed E-state index contributed by atoms with van der Waals surface area (Å²) in [5, 5.41) is 3.48. The van der Waals surface area contributed by atoms with Gasteiger partial charge in [-0.2, -0.15) is 0 Å². The van der Waals surface area contributed by atoms with Gasteiger partial charge >= 0.3 is 0 Å². The molecule has 1 rings (SSSR count). The predicted molar refractivity (Wildman–Crippen MR) is 63.9 cm³/mol. The van der Waals surface area contributed by atoms with Gasteiger partial charge in [0.2, 0.25) is 0 Å². The van der Waals surface area contributed by atoms with E-state index in [1.165, 1.54) is 6.42 Å². The highest BCUT2D eigenvalue weighted by Gasteiger charge is 2.26. The van der Waals surface area contributed by atoms with Gasteiger partial charge in [-0.1, -0.05) is 13.8 Å². The molecule has 3 atom stereocenters. The van der Waals surface area contributed by atoms with Gasteiger partial charge in [-0.05, 0) is 32.1 Å². The van der Waals surface area contributed by atoms with Gasteiger partial charge in [-0.3, -0.25) is 0 Å². The van der Waals surface area contributed by atoms with E-state index >= 15 is 0 Å². The van der Waals surface area contributed by atoms with Crippen LogP contribution in [0.25, 0.3) is 0 Å². The zero-order valence-electron chi connectivity index (χ0n) is 10.4. The van der Waals surface area contributed by atoms with Gasteiger partial charge in [-0.25, -0.2) is 0 Å². The number of ether oxygens (including phenoxy) is 1. The molecule has 0 amide bonds. The standard InChI is InChI=1S/C12H26N2O/c1-4-11-10(6-7-15-11)8-14-9-12(3,13)5-2/h10-11,14H,4-9,13H2,1-3H3. The molecule has 1 fully saturated rings. The van der Waals surface area contributed by atoms with E-state index in [0.717, 1.165) is 32.5 Å². The maximum atomic E-state index is 6.07. The maximum Gasteiger partial charge on any atom is 0.0613 e. The van der Waals surface area contributed by atoms with Crippen molar-refractivity contribution in [3.05, 3.63) is 0 Å². The minimum absolute atomic E-state index is 0.0683. The number of hydrogen-bond donors (Lipinski definition) is 2. The SMILES string of the molecule is CCC1OCCC1CNCC(C)(N)CC. The molecule has 0 aromatic heterocycles. The molecule has 15 heavy (non-hydrogen) atoms. The molecule has 1 aliphatic rings. The zero-order valence-corrected chi connectivity index (χ0v) is 10.4. The number of rotatable bonds is 6. The molecule has 0 aromatic rings. The van der Waals surface area contributed by atoms with Crippen LogP contribution >= 0.6 is 0 Å². The third-order valence-corrected chi connectivity index (χ3v) is 3.49. The average molecular weight is 214 g/mol. The second kappa shape index (κ2) is 5.83. The van der Waals surface area contributed by atoms with E-state index in [1.807, 2.05) is 0 Å². The van der Waals surface area contributed by atoms with E-state index in [-0.39, 0.29) is 5.54 Å². The first-order chi connectivity index (χ1) is 7.09. The number of nitrogens with one attached hydrogen (secondary N) is 1. The molecule has 0 aliphatic carbocycles. The Bertz CT molecular complexity index is 182. The fraction of sp³-hybridized carbons (Fsp3) is 1.00. The molecule has 0 bridgehead atoms. The molecule has 1 aliphatic heterocycles. The third kappa shape index (κ3) is 4.09. The van der Waals surface area contributed by atoms with Gasteiger partial charge in [-0.15, -0.1) is 0 Å². The fourth-order valence-corrected chi connectivity index (χ4v) is 2.05. The van der Waals surface area contributed by atoms with Crippen molar-refractivity contribution in [2.24, 2.45) is 11.7 Å². The lowest BCUT2D eigenvalue weighted by molar-refractivity contribution is 0.0869.